The largest absolute Gasteiger partial charge is 0.462 e. The number of esters is 3. The van der Waals surface area contributed by atoms with Crippen molar-refractivity contribution in [1.82, 2.24) is 0 Å². The Hall–Kier alpha value is -3.41. The zero-order valence-corrected chi connectivity index (χ0v) is 41.8. The van der Waals surface area contributed by atoms with E-state index in [2.05, 4.69) is 106 Å². The van der Waals surface area contributed by atoms with E-state index in [-0.39, 0.29) is 31.1 Å². The summed E-state index contributed by atoms with van der Waals surface area (Å²) in [7, 11) is 0. The van der Waals surface area contributed by atoms with Crippen molar-refractivity contribution in [3.05, 3.63) is 85.1 Å². The highest BCUT2D eigenvalue weighted by Crippen LogP contribution is 2.14. The van der Waals surface area contributed by atoms with E-state index in [9.17, 15) is 14.4 Å². The fraction of sp³-hybridized carbons (Fsp3) is 0.707. The molecule has 0 aliphatic rings. The first-order valence-electron chi connectivity index (χ1n) is 26.6. The standard InChI is InChI=1S/C58H98O6/c1-4-7-10-13-16-19-22-25-27-28-29-30-32-33-36-39-42-45-48-51-57(60)63-54-55(53-62-56(59)50-47-44-41-38-35-24-21-18-15-12-9-6-3)64-58(61)52-49-46-43-40-37-34-31-26-23-20-17-14-11-8-5-2/h8,11,16-21,25-27,29-31,55H,4-7,9-10,12-15,22-24,28,32-54H2,1-3H3/b11-8-,19-16-,20-17-,21-18-,27-25-,30-29-,31-26-/t55-/m1/s1. The molecular weight excluding hydrogens is 793 g/mol. The van der Waals surface area contributed by atoms with Crippen LogP contribution in [0.3, 0.4) is 0 Å². The van der Waals surface area contributed by atoms with Crippen LogP contribution >= 0.6 is 0 Å². The summed E-state index contributed by atoms with van der Waals surface area (Å²) in [6.45, 7) is 6.44. The van der Waals surface area contributed by atoms with Crippen molar-refractivity contribution in [3.8, 4) is 0 Å². The lowest BCUT2D eigenvalue weighted by Gasteiger charge is -2.18. The summed E-state index contributed by atoms with van der Waals surface area (Å²) in [4.78, 5) is 38.0. The molecule has 0 aliphatic heterocycles. The Kier molecular flexibility index (Phi) is 49.4. The average molecular weight is 891 g/mol. The van der Waals surface area contributed by atoms with Gasteiger partial charge in [0.25, 0.3) is 0 Å². The smallest absolute Gasteiger partial charge is 0.306 e. The van der Waals surface area contributed by atoms with E-state index in [4.69, 9.17) is 14.2 Å². The van der Waals surface area contributed by atoms with E-state index in [0.29, 0.717) is 19.3 Å². The quantitative estimate of drug-likeness (QED) is 0.0262. The molecule has 6 nitrogen and oxygen atoms in total. The van der Waals surface area contributed by atoms with Crippen molar-refractivity contribution < 1.29 is 28.6 Å². The molecule has 6 heteroatoms. The van der Waals surface area contributed by atoms with Crippen LogP contribution < -0.4 is 0 Å². The van der Waals surface area contributed by atoms with Crippen LogP contribution in [0.25, 0.3) is 0 Å². The predicted molar refractivity (Wildman–Crippen MR) is 274 cm³/mol. The summed E-state index contributed by atoms with van der Waals surface area (Å²) < 4.78 is 16.8. The molecule has 0 amide bonds. The zero-order valence-electron chi connectivity index (χ0n) is 41.8. The number of rotatable bonds is 47. The third-order valence-electron chi connectivity index (χ3n) is 11.1. The van der Waals surface area contributed by atoms with E-state index in [1.165, 1.54) is 83.5 Å². The van der Waals surface area contributed by atoms with Gasteiger partial charge in [0.1, 0.15) is 13.2 Å². The number of carbonyl (C=O) groups excluding carboxylic acids is 3. The van der Waals surface area contributed by atoms with Gasteiger partial charge in [0.15, 0.2) is 6.10 Å². The summed E-state index contributed by atoms with van der Waals surface area (Å²) in [5, 5.41) is 0. The molecule has 0 aromatic carbocycles. The Labute approximate surface area is 395 Å². The predicted octanol–water partition coefficient (Wildman–Crippen LogP) is 17.6. The van der Waals surface area contributed by atoms with E-state index < -0.39 is 6.10 Å². The van der Waals surface area contributed by atoms with E-state index in [1.807, 2.05) is 0 Å². The van der Waals surface area contributed by atoms with E-state index >= 15 is 0 Å². The molecule has 0 unspecified atom stereocenters. The van der Waals surface area contributed by atoms with Crippen molar-refractivity contribution in [1.29, 1.82) is 0 Å². The summed E-state index contributed by atoms with van der Waals surface area (Å²) in [5.74, 6) is -0.931. The minimum absolute atomic E-state index is 0.0929. The van der Waals surface area contributed by atoms with Gasteiger partial charge in [0.2, 0.25) is 0 Å². The van der Waals surface area contributed by atoms with Crippen molar-refractivity contribution >= 4 is 17.9 Å². The zero-order chi connectivity index (χ0) is 46.5. The van der Waals surface area contributed by atoms with Crippen LogP contribution in [-0.2, 0) is 28.6 Å². The van der Waals surface area contributed by atoms with Gasteiger partial charge in [-0.1, -0.05) is 196 Å². The lowest BCUT2D eigenvalue weighted by molar-refractivity contribution is -0.167. The van der Waals surface area contributed by atoms with Crippen molar-refractivity contribution in [2.75, 3.05) is 13.2 Å². The van der Waals surface area contributed by atoms with Gasteiger partial charge in [-0.15, -0.1) is 0 Å². The molecule has 0 spiro atoms. The summed E-state index contributed by atoms with van der Waals surface area (Å²) in [6, 6.07) is 0. The average Bonchev–Trinajstić information content (AvgIpc) is 3.29. The number of hydrogen-bond acceptors (Lipinski definition) is 6. The molecule has 0 saturated heterocycles. The monoisotopic (exact) mass is 891 g/mol. The van der Waals surface area contributed by atoms with Gasteiger partial charge in [-0.25, -0.2) is 0 Å². The molecule has 0 heterocycles. The Bertz CT molecular complexity index is 1250. The van der Waals surface area contributed by atoms with Crippen LogP contribution in [0.4, 0.5) is 0 Å². The maximum absolute atomic E-state index is 12.8. The summed E-state index contributed by atoms with van der Waals surface area (Å²) in [6.07, 6.45) is 67.0. The Morgan fingerprint density at radius 2 is 0.609 bits per heavy atom. The molecule has 0 fully saturated rings. The van der Waals surface area contributed by atoms with E-state index in [0.717, 1.165) is 122 Å². The van der Waals surface area contributed by atoms with Crippen LogP contribution in [0.5, 0.6) is 0 Å². The molecule has 1 atom stereocenters. The lowest BCUT2D eigenvalue weighted by atomic mass is 10.1. The Balaban J connectivity index is 4.42. The highest BCUT2D eigenvalue weighted by Gasteiger charge is 2.19. The fourth-order valence-corrected chi connectivity index (χ4v) is 7.10. The molecule has 64 heavy (non-hydrogen) atoms. The van der Waals surface area contributed by atoms with Crippen LogP contribution in [0, 0.1) is 0 Å². The van der Waals surface area contributed by atoms with Crippen molar-refractivity contribution in [2.45, 2.75) is 252 Å². The normalized spacial score (nSPS) is 12.7. The molecule has 0 aromatic heterocycles. The van der Waals surface area contributed by atoms with Gasteiger partial charge in [-0.3, -0.25) is 14.4 Å². The Morgan fingerprint density at radius 3 is 0.969 bits per heavy atom. The van der Waals surface area contributed by atoms with Crippen molar-refractivity contribution in [3.63, 3.8) is 0 Å². The maximum Gasteiger partial charge on any atom is 0.306 e. The van der Waals surface area contributed by atoms with E-state index in [1.54, 1.807) is 0 Å². The Morgan fingerprint density at radius 1 is 0.328 bits per heavy atom. The van der Waals surface area contributed by atoms with Crippen LogP contribution in [0.15, 0.2) is 85.1 Å². The van der Waals surface area contributed by atoms with Crippen molar-refractivity contribution in [2.24, 2.45) is 0 Å². The van der Waals surface area contributed by atoms with Gasteiger partial charge in [-0.05, 0) is 116 Å². The molecule has 0 N–H and O–H groups in total. The third-order valence-corrected chi connectivity index (χ3v) is 11.1. The fourth-order valence-electron chi connectivity index (χ4n) is 7.10. The van der Waals surface area contributed by atoms with Gasteiger partial charge in [-0.2, -0.15) is 0 Å². The first-order chi connectivity index (χ1) is 31.5. The molecule has 0 saturated carbocycles. The number of carbonyl (C=O) groups is 3. The molecule has 366 valence electrons. The second-order valence-electron chi connectivity index (χ2n) is 17.4. The third kappa shape index (κ3) is 49.6. The number of hydrogen-bond donors (Lipinski definition) is 0. The molecule has 0 bridgehead atoms. The molecule has 0 rings (SSSR count). The summed E-state index contributed by atoms with van der Waals surface area (Å²) in [5.41, 5.74) is 0. The number of unbranched alkanes of at least 4 members (excludes halogenated alkanes) is 22. The molecule has 0 aliphatic carbocycles. The highest BCUT2D eigenvalue weighted by molar-refractivity contribution is 5.71. The second-order valence-corrected chi connectivity index (χ2v) is 17.4. The van der Waals surface area contributed by atoms with Crippen LogP contribution in [-0.4, -0.2) is 37.2 Å². The van der Waals surface area contributed by atoms with Crippen LogP contribution in [0.1, 0.15) is 245 Å². The topological polar surface area (TPSA) is 78.9 Å². The molecular formula is C58H98O6. The second kappa shape index (κ2) is 52.2. The van der Waals surface area contributed by atoms with Crippen LogP contribution in [0.2, 0.25) is 0 Å². The minimum atomic E-state index is -0.794. The first-order valence-corrected chi connectivity index (χ1v) is 26.6. The van der Waals surface area contributed by atoms with Gasteiger partial charge in [0, 0.05) is 19.3 Å². The van der Waals surface area contributed by atoms with Gasteiger partial charge in [0.05, 0.1) is 0 Å². The first kappa shape index (κ1) is 60.6. The van der Waals surface area contributed by atoms with Gasteiger partial charge < -0.3 is 14.2 Å². The summed E-state index contributed by atoms with van der Waals surface area (Å²) >= 11 is 0. The number of ether oxygens (including phenoxy) is 3. The number of allylic oxidation sites excluding steroid dienone is 14. The lowest BCUT2D eigenvalue weighted by Crippen LogP contribution is -2.30. The maximum atomic E-state index is 12.8. The van der Waals surface area contributed by atoms with Gasteiger partial charge >= 0.3 is 17.9 Å². The molecule has 0 radical (unpaired) electrons. The molecule has 0 aromatic rings. The minimum Gasteiger partial charge on any atom is -0.462 e. The SMILES string of the molecule is CC/C=C\C/C=C\C/C=C\CCCCCCCC(=O)O[C@H](COC(=O)CCCCCCC/C=C\CCCCC)COC(=O)CCCCCCCC/C=C\C/C=C\C/C=C\CCCCC. The highest BCUT2D eigenvalue weighted by atomic mass is 16.6.